The molecule has 2 saturated heterocycles. The van der Waals surface area contributed by atoms with Crippen molar-refractivity contribution in [2.45, 2.75) is 235 Å². The molecule has 14 heteroatoms. The molecule has 12 unspecified atom stereocenters. The van der Waals surface area contributed by atoms with Gasteiger partial charge < -0.3 is 65.1 Å². The molecular formula is C65H103NO13. The highest BCUT2D eigenvalue weighted by molar-refractivity contribution is 5.76. The van der Waals surface area contributed by atoms with Crippen LogP contribution in [0.15, 0.2) is 146 Å². The lowest BCUT2D eigenvalue weighted by Crippen LogP contribution is -2.65. The molecule has 2 aliphatic rings. The second-order valence-corrected chi connectivity index (χ2v) is 20.0. The van der Waals surface area contributed by atoms with Crippen molar-refractivity contribution in [1.82, 2.24) is 5.32 Å². The van der Waals surface area contributed by atoms with Gasteiger partial charge in [0, 0.05) is 6.42 Å². The molecule has 0 aliphatic carbocycles. The van der Waals surface area contributed by atoms with Crippen LogP contribution in [0.25, 0.3) is 0 Å². The van der Waals surface area contributed by atoms with Gasteiger partial charge in [0.15, 0.2) is 12.6 Å². The summed E-state index contributed by atoms with van der Waals surface area (Å²) < 4.78 is 22.7. The summed E-state index contributed by atoms with van der Waals surface area (Å²) in [7, 11) is 0. The molecule has 9 N–H and O–H groups in total. The monoisotopic (exact) mass is 1110 g/mol. The number of nitrogens with one attached hydrogen (secondary N) is 1. The molecule has 2 heterocycles. The summed E-state index contributed by atoms with van der Waals surface area (Å²) in [5.41, 5.74) is 0. The molecule has 0 saturated carbocycles. The third-order valence-electron chi connectivity index (χ3n) is 13.2. The minimum atomic E-state index is -1.80. The number of amides is 1. The van der Waals surface area contributed by atoms with Gasteiger partial charge in [0.25, 0.3) is 0 Å². The highest BCUT2D eigenvalue weighted by atomic mass is 16.7. The zero-order valence-electron chi connectivity index (χ0n) is 47.8. The Labute approximate surface area is 474 Å². The normalized spacial score (nSPS) is 25.5. The lowest BCUT2D eigenvalue weighted by molar-refractivity contribution is -0.359. The van der Waals surface area contributed by atoms with Gasteiger partial charge in [-0.05, 0) is 109 Å². The van der Waals surface area contributed by atoms with E-state index in [2.05, 4.69) is 153 Å². The number of unbranched alkanes of at least 4 members (excludes halogenated alkanes) is 9. The number of carbonyl (C=O) groups excluding carboxylic acids is 1. The predicted molar refractivity (Wildman–Crippen MR) is 318 cm³/mol. The van der Waals surface area contributed by atoms with Crippen molar-refractivity contribution in [2.24, 2.45) is 0 Å². The molecule has 2 fully saturated rings. The van der Waals surface area contributed by atoms with Crippen LogP contribution in [0.1, 0.15) is 162 Å². The highest BCUT2D eigenvalue weighted by Crippen LogP contribution is 2.30. The van der Waals surface area contributed by atoms with Crippen LogP contribution >= 0.6 is 0 Å². The van der Waals surface area contributed by atoms with E-state index in [4.69, 9.17) is 18.9 Å². The summed E-state index contributed by atoms with van der Waals surface area (Å²) in [6.07, 6.45) is 56.1. The van der Waals surface area contributed by atoms with Gasteiger partial charge in [0.2, 0.25) is 5.91 Å². The van der Waals surface area contributed by atoms with Crippen molar-refractivity contribution in [3.8, 4) is 0 Å². The van der Waals surface area contributed by atoms with Gasteiger partial charge in [-0.25, -0.2) is 0 Å². The van der Waals surface area contributed by atoms with E-state index in [1.807, 2.05) is 6.08 Å². The van der Waals surface area contributed by atoms with Crippen LogP contribution in [-0.2, 0) is 23.7 Å². The lowest BCUT2D eigenvalue weighted by Gasteiger charge is -2.46. The standard InChI is InChI=1S/C65H103NO13/c1-3-5-7-9-11-13-15-17-18-19-20-21-22-23-24-25-26-27-28-29-30-31-32-33-34-35-36-37-39-41-43-45-47-49-57(70)66-53(54(69)48-46-44-42-40-38-16-14-12-10-8-6-4-2)52-76-64-62(75)60(73)63(56(51-68)78-64)79-65-61(74)59(72)58(71)55(50-67)77-65/h5,7,10-13,17-18,20-21,23-24,26-27,29-30,32-33,35-36,38,40,46,48,53-56,58-65,67-69,71-75H,3-4,6,8-9,14-16,19,22,25,28,31,34,37,39,41-45,47,49-52H2,1-2H3,(H,66,70)/b7-5-,12-10+,13-11-,18-17-,21-20-,24-23-,27-26-,30-29-,33-32-,36-35-,40-38+,48-46+. The maximum absolute atomic E-state index is 13.2. The Morgan fingerprint density at radius 3 is 1.39 bits per heavy atom. The Morgan fingerprint density at radius 2 is 0.886 bits per heavy atom. The maximum Gasteiger partial charge on any atom is 0.220 e. The van der Waals surface area contributed by atoms with E-state index >= 15 is 0 Å². The minimum absolute atomic E-state index is 0.236. The molecule has 0 aromatic rings. The summed E-state index contributed by atoms with van der Waals surface area (Å²) in [4.78, 5) is 13.2. The smallest absolute Gasteiger partial charge is 0.220 e. The van der Waals surface area contributed by atoms with Crippen molar-refractivity contribution < 1.29 is 64.6 Å². The van der Waals surface area contributed by atoms with Crippen LogP contribution in [0.3, 0.4) is 0 Å². The Hall–Kier alpha value is -4.13. The zero-order valence-corrected chi connectivity index (χ0v) is 47.8. The van der Waals surface area contributed by atoms with E-state index in [1.54, 1.807) is 6.08 Å². The molecule has 0 spiro atoms. The average molecular weight is 1110 g/mol. The van der Waals surface area contributed by atoms with Gasteiger partial charge >= 0.3 is 0 Å². The van der Waals surface area contributed by atoms with Crippen LogP contribution in [0, 0.1) is 0 Å². The minimum Gasteiger partial charge on any atom is -0.394 e. The molecule has 446 valence electrons. The first-order valence-electron chi connectivity index (χ1n) is 29.6. The molecule has 2 aliphatic heterocycles. The average Bonchev–Trinajstić information content (AvgIpc) is 3.49. The number of carbonyl (C=O) groups is 1. The van der Waals surface area contributed by atoms with E-state index in [1.165, 1.54) is 12.8 Å². The number of ether oxygens (including phenoxy) is 4. The predicted octanol–water partition coefficient (Wildman–Crippen LogP) is 10.2. The fourth-order valence-electron chi connectivity index (χ4n) is 8.47. The molecule has 79 heavy (non-hydrogen) atoms. The molecule has 0 aromatic carbocycles. The van der Waals surface area contributed by atoms with Crippen molar-refractivity contribution in [1.29, 1.82) is 0 Å². The second kappa shape index (κ2) is 48.6. The van der Waals surface area contributed by atoms with Crippen LogP contribution in [0.4, 0.5) is 0 Å². The first-order chi connectivity index (χ1) is 38.6. The van der Waals surface area contributed by atoms with Gasteiger partial charge in [0.05, 0.1) is 32.0 Å². The number of allylic oxidation sites excluding steroid dienone is 23. The van der Waals surface area contributed by atoms with Crippen molar-refractivity contribution in [2.75, 3.05) is 19.8 Å². The van der Waals surface area contributed by atoms with E-state index in [0.717, 1.165) is 116 Å². The molecular weight excluding hydrogens is 1000 g/mol. The highest BCUT2D eigenvalue weighted by Gasteiger charge is 2.51. The topological polar surface area (TPSA) is 228 Å². The summed E-state index contributed by atoms with van der Waals surface area (Å²) in [5, 5.41) is 86.9. The first-order valence-corrected chi connectivity index (χ1v) is 29.6. The van der Waals surface area contributed by atoms with Gasteiger partial charge in [-0.2, -0.15) is 0 Å². The Kier molecular flexibility index (Phi) is 43.6. The Bertz CT molecular complexity index is 1880. The summed E-state index contributed by atoms with van der Waals surface area (Å²) in [6, 6.07) is -0.959. The van der Waals surface area contributed by atoms with Crippen LogP contribution < -0.4 is 5.32 Å². The molecule has 1 amide bonds. The van der Waals surface area contributed by atoms with Gasteiger partial charge in [-0.15, -0.1) is 0 Å². The van der Waals surface area contributed by atoms with E-state index < -0.39 is 86.8 Å². The maximum atomic E-state index is 13.2. The number of aliphatic hydroxyl groups is 8. The Balaban J connectivity index is 1.72. The Morgan fingerprint density at radius 1 is 0.468 bits per heavy atom. The fourth-order valence-corrected chi connectivity index (χ4v) is 8.47. The number of hydrogen-bond donors (Lipinski definition) is 9. The van der Waals surface area contributed by atoms with Crippen molar-refractivity contribution in [3.05, 3.63) is 146 Å². The quantitative estimate of drug-likeness (QED) is 0.0205. The number of hydrogen-bond acceptors (Lipinski definition) is 13. The first kappa shape index (κ1) is 71.0. The molecule has 0 aromatic heterocycles. The molecule has 0 radical (unpaired) electrons. The van der Waals surface area contributed by atoms with Crippen molar-refractivity contribution >= 4 is 5.91 Å². The number of rotatable bonds is 44. The largest absolute Gasteiger partial charge is 0.394 e. The summed E-state index contributed by atoms with van der Waals surface area (Å²) in [5.74, 6) is -0.282. The third kappa shape index (κ3) is 34.0. The summed E-state index contributed by atoms with van der Waals surface area (Å²) in [6.45, 7) is 2.55. The van der Waals surface area contributed by atoms with E-state index in [-0.39, 0.29) is 18.9 Å². The van der Waals surface area contributed by atoms with Crippen LogP contribution in [-0.4, -0.2) is 140 Å². The van der Waals surface area contributed by atoms with Gasteiger partial charge in [0.1, 0.15) is 48.8 Å². The van der Waals surface area contributed by atoms with E-state index in [0.29, 0.717) is 12.8 Å². The lowest BCUT2D eigenvalue weighted by atomic mass is 9.97. The van der Waals surface area contributed by atoms with Crippen LogP contribution in [0.2, 0.25) is 0 Å². The van der Waals surface area contributed by atoms with Gasteiger partial charge in [-0.1, -0.05) is 192 Å². The van der Waals surface area contributed by atoms with Gasteiger partial charge in [-0.3, -0.25) is 4.79 Å². The van der Waals surface area contributed by atoms with Crippen molar-refractivity contribution in [3.63, 3.8) is 0 Å². The molecule has 12 atom stereocenters. The molecule has 14 nitrogen and oxygen atoms in total. The second-order valence-electron chi connectivity index (χ2n) is 20.0. The molecule has 0 bridgehead atoms. The SMILES string of the molecule is CC/C=C\C/C=C\C/C=C\C/C=C\C/C=C\C/C=C\C/C=C\C/C=C\C/C=C\CCCCCCCC(=O)NC(COC1OC(CO)C(OC2OC(CO)C(O)C(O)C2O)C(O)C1O)C(O)/C=C/CC/C=C/CC/C=C/CCCC. The molecule has 2 rings (SSSR count). The number of aliphatic hydroxyl groups excluding tert-OH is 8. The van der Waals surface area contributed by atoms with E-state index in [9.17, 15) is 45.6 Å². The fraction of sp³-hybridized carbons (Fsp3) is 0.615. The summed E-state index contributed by atoms with van der Waals surface area (Å²) >= 11 is 0. The van der Waals surface area contributed by atoms with Crippen LogP contribution in [0.5, 0.6) is 0 Å². The third-order valence-corrected chi connectivity index (χ3v) is 13.2. The zero-order chi connectivity index (χ0) is 57.4.